The average molecular weight is 300 g/mol. The van der Waals surface area contributed by atoms with Gasteiger partial charge in [-0.2, -0.15) is 0 Å². The van der Waals surface area contributed by atoms with Gasteiger partial charge in [-0.1, -0.05) is 18.3 Å². The first-order valence-electron chi connectivity index (χ1n) is 6.89. The van der Waals surface area contributed by atoms with E-state index in [1.54, 1.807) is 18.3 Å². The van der Waals surface area contributed by atoms with Crippen LogP contribution in [0.2, 0.25) is 0 Å². The lowest BCUT2D eigenvalue weighted by Crippen LogP contribution is -2.27. The van der Waals surface area contributed by atoms with Crippen LogP contribution in [0.5, 0.6) is 5.75 Å². The Bertz CT molecular complexity index is 739. The highest BCUT2D eigenvalue weighted by Gasteiger charge is 2.16. The number of H-pyrrole nitrogens is 1. The highest BCUT2D eigenvalue weighted by Crippen LogP contribution is 2.28. The summed E-state index contributed by atoms with van der Waals surface area (Å²) in [7, 11) is 0. The maximum Gasteiger partial charge on any atom is 0.254 e. The number of amides is 1. The molecule has 0 fully saturated rings. The van der Waals surface area contributed by atoms with Crippen LogP contribution in [0.15, 0.2) is 36.5 Å². The van der Waals surface area contributed by atoms with E-state index >= 15 is 0 Å². The highest BCUT2D eigenvalue weighted by atomic mass is 32.1. The fourth-order valence-corrected chi connectivity index (χ4v) is 2.66. The number of carbonyl (C=O) groups is 1. The molecule has 0 radical (unpaired) electrons. The van der Waals surface area contributed by atoms with Crippen molar-refractivity contribution in [1.29, 1.82) is 0 Å². The standard InChI is InChI=1S/C16H16N2O2S/c1-10(11-4-5-14-12(9-11)6-8-20-14)18-15(19)13-3-2-7-17-16(13)21/h2-5,7,9-10H,6,8H2,1H3,(H,17,21)(H,18,19)/t10-/m0/s1. The molecule has 21 heavy (non-hydrogen) atoms. The van der Waals surface area contributed by atoms with Crippen LogP contribution in [0.3, 0.4) is 0 Å². The van der Waals surface area contributed by atoms with Gasteiger partial charge in [0.05, 0.1) is 18.2 Å². The van der Waals surface area contributed by atoms with E-state index in [-0.39, 0.29) is 11.9 Å². The molecule has 0 aliphatic carbocycles. The first-order valence-corrected chi connectivity index (χ1v) is 7.30. The molecule has 1 aliphatic heterocycles. The number of pyridine rings is 1. The third-order valence-corrected chi connectivity index (χ3v) is 3.96. The fourth-order valence-electron chi connectivity index (χ4n) is 2.43. The molecule has 1 aromatic carbocycles. The Kier molecular flexibility index (Phi) is 3.75. The van der Waals surface area contributed by atoms with Crippen LogP contribution in [0.4, 0.5) is 0 Å². The molecular weight excluding hydrogens is 284 g/mol. The molecule has 2 aromatic rings. The lowest BCUT2D eigenvalue weighted by Gasteiger charge is -2.15. The summed E-state index contributed by atoms with van der Waals surface area (Å²) in [5.74, 6) is 0.781. The normalized spacial score (nSPS) is 14.1. The zero-order chi connectivity index (χ0) is 14.8. The Balaban J connectivity index is 1.77. The van der Waals surface area contributed by atoms with Gasteiger partial charge in [0.15, 0.2) is 0 Å². The predicted octanol–water partition coefficient (Wildman–Crippen LogP) is 3.17. The average Bonchev–Trinajstić information content (AvgIpc) is 2.94. The molecule has 3 rings (SSSR count). The second-order valence-corrected chi connectivity index (χ2v) is 5.48. The molecule has 0 saturated heterocycles. The van der Waals surface area contributed by atoms with Crippen LogP contribution in [-0.2, 0) is 6.42 Å². The molecule has 2 N–H and O–H groups in total. The van der Waals surface area contributed by atoms with Crippen molar-refractivity contribution < 1.29 is 9.53 Å². The van der Waals surface area contributed by atoms with Crippen molar-refractivity contribution in [3.8, 4) is 5.75 Å². The maximum absolute atomic E-state index is 12.3. The number of rotatable bonds is 3. The minimum absolute atomic E-state index is 0.0852. The van der Waals surface area contributed by atoms with Gasteiger partial charge in [-0.25, -0.2) is 0 Å². The van der Waals surface area contributed by atoms with Gasteiger partial charge in [0.25, 0.3) is 5.91 Å². The smallest absolute Gasteiger partial charge is 0.254 e. The van der Waals surface area contributed by atoms with Crippen molar-refractivity contribution in [1.82, 2.24) is 10.3 Å². The summed E-state index contributed by atoms with van der Waals surface area (Å²) in [5, 5.41) is 2.98. The number of aromatic amines is 1. The maximum atomic E-state index is 12.3. The Labute approximate surface area is 128 Å². The zero-order valence-electron chi connectivity index (χ0n) is 11.7. The molecule has 108 valence electrons. The van der Waals surface area contributed by atoms with E-state index < -0.39 is 0 Å². The minimum Gasteiger partial charge on any atom is -0.493 e. The highest BCUT2D eigenvalue weighted by molar-refractivity contribution is 7.71. The van der Waals surface area contributed by atoms with Crippen molar-refractivity contribution in [2.24, 2.45) is 0 Å². The van der Waals surface area contributed by atoms with Gasteiger partial charge in [0.2, 0.25) is 0 Å². The lowest BCUT2D eigenvalue weighted by atomic mass is 10.0. The summed E-state index contributed by atoms with van der Waals surface area (Å²) < 4.78 is 5.94. The van der Waals surface area contributed by atoms with Crippen LogP contribution < -0.4 is 10.1 Å². The molecular formula is C16H16N2O2S. The third-order valence-electron chi connectivity index (χ3n) is 3.62. The van der Waals surface area contributed by atoms with Crippen molar-refractivity contribution >= 4 is 18.1 Å². The number of nitrogens with one attached hydrogen (secondary N) is 2. The Morgan fingerprint density at radius 1 is 1.43 bits per heavy atom. The van der Waals surface area contributed by atoms with Crippen molar-refractivity contribution in [2.75, 3.05) is 6.61 Å². The van der Waals surface area contributed by atoms with E-state index in [0.29, 0.717) is 10.2 Å². The molecule has 1 aromatic heterocycles. The van der Waals surface area contributed by atoms with Crippen molar-refractivity contribution in [3.63, 3.8) is 0 Å². The lowest BCUT2D eigenvalue weighted by molar-refractivity contribution is 0.0939. The van der Waals surface area contributed by atoms with Crippen LogP contribution in [0, 0.1) is 4.64 Å². The summed E-state index contributed by atoms with van der Waals surface area (Å²) in [6.45, 7) is 2.70. The summed E-state index contributed by atoms with van der Waals surface area (Å²) in [4.78, 5) is 15.1. The van der Waals surface area contributed by atoms with E-state index in [1.165, 1.54) is 5.56 Å². The molecule has 0 bridgehead atoms. The molecule has 0 spiro atoms. The molecule has 0 unspecified atom stereocenters. The number of aromatic nitrogens is 1. The van der Waals surface area contributed by atoms with Gasteiger partial charge in [-0.05, 0) is 42.3 Å². The third kappa shape index (κ3) is 2.83. The van der Waals surface area contributed by atoms with Gasteiger partial charge < -0.3 is 15.0 Å². The largest absolute Gasteiger partial charge is 0.493 e. The van der Waals surface area contributed by atoms with Gasteiger partial charge in [-0.15, -0.1) is 0 Å². The topological polar surface area (TPSA) is 54.1 Å². The Morgan fingerprint density at radius 2 is 2.29 bits per heavy atom. The number of carbonyl (C=O) groups excluding carboxylic acids is 1. The first kappa shape index (κ1) is 13.8. The number of fused-ring (bicyclic) bond motifs is 1. The molecule has 4 nitrogen and oxygen atoms in total. The van der Waals surface area contributed by atoms with Crippen LogP contribution >= 0.6 is 12.2 Å². The molecule has 1 atom stereocenters. The van der Waals surface area contributed by atoms with Crippen LogP contribution in [0.1, 0.15) is 34.5 Å². The van der Waals surface area contributed by atoms with Crippen LogP contribution in [0.25, 0.3) is 0 Å². The van der Waals surface area contributed by atoms with Crippen molar-refractivity contribution in [2.45, 2.75) is 19.4 Å². The van der Waals surface area contributed by atoms with Crippen molar-refractivity contribution in [3.05, 3.63) is 57.9 Å². The van der Waals surface area contributed by atoms with Crippen LogP contribution in [-0.4, -0.2) is 17.5 Å². The number of hydrogen-bond donors (Lipinski definition) is 2. The summed E-state index contributed by atoms with van der Waals surface area (Å²) in [6.07, 6.45) is 2.64. The SMILES string of the molecule is C[C@H](NC(=O)c1ccc[nH]c1=S)c1ccc2c(c1)CCO2. The van der Waals surface area contributed by atoms with E-state index in [1.807, 2.05) is 19.1 Å². The van der Waals surface area contributed by atoms with E-state index in [0.717, 1.165) is 24.3 Å². The summed E-state index contributed by atoms with van der Waals surface area (Å²) >= 11 is 5.13. The zero-order valence-corrected chi connectivity index (χ0v) is 12.5. The van der Waals surface area contributed by atoms with E-state index in [2.05, 4.69) is 16.4 Å². The molecule has 2 heterocycles. The predicted molar refractivity (Wildman–Crippen MR) is 83.1 cm³/mol. The summed E-state index contributed by atoms with van der Waals surface area (Å²) in [6, 6.07) is 9.45. The second kappa shape index (κ2) is 5.69. The van der Waals surface area contributed by atoms with Gasteiger partial charge in [0.1, 0.15) is 10.4 Å². The van der Waals surface area contributed by atoms with Gasteiger partial charge in [-0.3, -0.25) is 4.79 Å². The second-order valence-electron chi connectivity index (χ2n) is 5.07. The minimum atomic E-state index is -0.166. The Morgan fingerprint density at radius 3 is 3.10 bits per heavy atom. The molecule has 1 amide bonds. The molecule has 5 heteroatoms. The summed E-state index contributed by atoms with van der Waals surface area (Å²) in [5.41, 5.74) is 2.76. The van der Waals surface area contributed by atoms with E-state index in [4.69, 9.17) is 17.0 Å². The quantitative estimate of drug-likeness (QED) is 0.856. The van der Waals surface area contributed by atoms with Gasteiger partial charge >= 0.3 is 0 Å². The number of benzene rings is 1. The van der Waals surface area contributed by atoms with Gasteiger partial charge in [0, 0.05) is 12.6 Å². The molecule has 0 saturated carbocycles. The Hall–Kier alpha value is -2.14. The van der Waals surface area contributed by atoms with E-state index in [9.17, 15) is 4.79 Å². The number of ether oxygens (including phenoxy) is 1. The number of hydrogen-bond acceptors (Lipinski definition) is 3. The monoisotopic (exact) mass is 300 g/mol. The fraction of sp³-hybridized carbons (Fsp3) is 0.250. The molecule has 1 aliphatic rings. The first-order chi connectivity index (χ1) is 10.1.